The Morgan fingerprint density at radius 3 is 2.79 bits per heavy atom. The van der Waals surface area contributed by atoms with E-state index in [0.717, 1.165) is 10.9 Å². The Kier molecular flexibility index (Phi) is 4.45. The van der Waals surface area contributed by atoms with Gasteiger partial charge in [-0.2, -0.15) is 0 Å². The van der Waals surface area contributed by atoms with E-state index in [1.807, 2.05) is 0 Å². The molecule has 0 saturated heterocycles. The number of nitrogens with zero attached hydrogens (tertiary/aromatic N) is 2. The van der Waals surface area contributed by atoms with Crippen molar-refractivity contribution in [3.05, 3.63) is 59.0 Å². The predicted octanol–water partition coefficient (Wildman–Crippen LogP) is 3.29. The molecule has 152 valence electrons. The van der Waals surface area contributed by atoms with Gasteiger partial charge in [0.25, 0.3) is 5.92 Å². The Bertz CT molecular complexity index is 1250. The number of pyridine rings is 1. The van der Waals surface area contributed by atoms with Crippen molar-refractivity contribution in [1.82, 2.24) is 9.55 Å². The van der Waals surface area contributed by atoms with Crippen LogP contribution in [0.3, 0.4) is 0 Å². The molecular formula is C20H18F2N2O4S. The molecule has 3 heterocycles. The molecule has 0 atom stereocenters. The highest BCUT2D eigenvalue weighted by Gasteiger charge is 2.43. The fraction of sp³-hybridized carbons (Fsp3) is 0.300. The normalized spacial score (nSPS) is 17.2. The maximum Gasteiger partial charge on any atom is 0.323 e. The lowest BCUT2D eigenvalue weighted by atomic mass is 9.97. The fourth-order valence-corrected chi connectivity index (χ4v) is 5.47. The van der Waals surface area contributed by atoms with Crippen LogP contribution in [0.5, 0.6) is 0 Å². The van der Waals surface area contributed by atoms with E-state index in [2.05, 4.69) is 4.98 Å². The molecule has 1 aromatic carbocycles. The first-order chi connectivity index (χ1) is 13.6. The van der Waals surface area contributed by atoms with Crippen LogP contribution in [0.25, 0.3) is 10.9 Å². The molecule has 3 aromatic rings. The molecular weight excluding hydrogens is 402 g/mol. The zero-order valence-corrected chi connectivity index (χ0v) is 16.3. The topological polar surface area (TPSA) is 89.3 Å². The van der Waals surface area contributed by atoms with Crippen LogP contribution in [0, 0.1) is 6.92 Å². The summed E-state index contributed by atoms with van der Waals surface area (Å²) in [5.41, 5.74) is 2.23. The summed E-state index contributed by atoms with van der Waals surface area (Å²) < 4.78 is 54.8. The number of hydrogen-bond donors (Lipinski definition) is 1. The molecule has 0 saturated carbocycles. The number of alkyl halides is 2. The number of benzene rings is 1. The molecule has 1 N–H and O–H groups in total. The van der Waals surface area contributed by atoms with Gasteiger partial charge in [-0.1, -0.05) is 6.07 Å². The smallest absolute Gasteiger partial charge is 0.323 e. The average molecular weight is 420 g/mol. The maximum atomic E-state index is 14.4. The molecule has 0 fully saturated rings. The van der Waals surface area contributed by atoms with Gasteiger partial charge in [0.15, 0.2) is 9.84 Å². The van der Waals surface area contributed by atoms with Gasteiger partial charge in [0.2, 0.25) is 0 Å². The Balaban J connectivity index is 1.83. The molecule has 4 rings (SSSR count). The van der Waals surface area contributed by atoms with Crippen LogP contribution >= 0.6 is 0 Å². The van der Waals surface area contributed by atoms with Crippen molar-refractivity contribution in [2.75, 3.05) is 5.75 Å². The molecule has 0 unspecified atom stereocenters. The summed E-state index contributed by atoms with van der Waals surface area (Å²) >= 11 is 0. The number of hydrogen-bond acceptors (Lipinski definition) is 4. The second-order valence-corrected chi connectivity index (χ2v) is 9.29. The number of aliphatic carboxylic acids is 1. The van der Waals surface area contributed by atoms with Gasteiger partial charge >= 0.3 is 5.97 Å². The summed E-state index contributed by atoms with van der Waals surface area (Å²) in [5.74, 6) is -4.77. The largest absolute Gasteiger partial charge is 0.480 e. The lowest BCUT2D eigenvalue weighted by Gasteiger charge is -2.25. The van der Waals surface area contributed by atoms with Crippen molar-refractivity contribution in [2.24, 2.45) is 0 Å². The Morgan fingerprint density at radius 1 is 1.31 bits per heavy atom. The van der Waals surface area contributed by atoms with Crippen LogP contribution in [-0.4, -0.2) is 34.8 Å². The third-order valence-electron chi connectivity index (χ3n) is 5.39. The molecule has 2 aromatic heterocycles. The summed E-state index contributed by atoms with van der Waals surface area (Å²) in [4.78, 5) is 15.0. The molecule has 29 heavy (non-hydrogen) atoms. The van der Waals surface area contributed by atoms with Crippen LogP contribution in [-0.2, 0) is 33.5 Å². The summed E-state index contributed by atoms with van der Waals surface area (Å²) in [6, 6.07) is 5.75. The average Bonchev–Trinajstić information content (AvgIpc) is 2.91. The van der Waals surface area contributed by atoms with Crippen molar-refractivity contribution < 1.29 is 27.1 Å². The van der Waals surface area contributed by atoms with E-state index >= 15 is 0 Å². The minimum Gasteiger partial charge on any atom is -0.480 e. The Hall–Kier alpha value is -2.81. The van der Waals surface area contributed by atoms with Gasteiger partial charge < -0.3 is 9.67 Å². The maximum absolute atomic E-state index is 14.4. The summed E-state index contributed by atoms with van der Waals surface area (Å²) in [6.07, 6.45) is 2.71. The third kappa shape index (κ3) is 3.29. The highest BCUT2D eigenvalue weighted by Crippen LogP contribution is 2.42. The van der Waals surface area contributed by atoms with Crippen LogP contribution in [0.15, 0.2) is 41.6 Å². The highest BCUT2D eigenvalue weighted by atomic mass is 32.2. The zero-order valence-electron chi connectivity index (χ0n) is 15.5. The SMILES string of the molecule is Cc1c(Cc2ccc3c(c2)C(F)(F)CCS3(=O)=O)c2cnccc2n1CC(=O)O. The van der Waals surface area contributed by atoms with Crippen molar-refractivity contribution in [3.63, 3.8) is 0 Å². The quantitative estimate of drug-likeness (QED) is 0.700. The Labute approximate surface area is 165 Å². The molecule has 0 aliphatic carbocycles. The lowest BCUT2D eigenvalue weighted by Crippen LogP contribution is -2.28. The van der Waals surface area contributed by atoms with Gasteiger partial charge in [-0.15, -0.1) is 0 Å². The fourth-order valence-electron chi connectivity index (χ4n) is 3.91. The van der Waals surface area contributed by atoms with Crippen molar-refractivity contribution >= 4 is 26.7 Å². The van der Waals surface area contributed by atoms with Crippen molar-refractivity contribution in [1.29, 1.82) is 0 Å². The standard InChI is InChI=1S/C20H18F2N2O4S/c1-12-14(15-10-23-6-4-17(15)24(12)11-19(25)26)8-13-2-3-18-16(9-13)20(21,22)5-7-29(18,27)28/h2-4,6,9-10H,5,7-8,11H2,1H3,(H,25,26). The number of sulfone groups is 1. The number of halogens is 2. The molecule has 6 nitrogen and oxygen atoms in total. The van der Waals surface area contributed by atoms with E-state index in [1.165, 1.54) is 18.2 Å². The molecule has 1 aliphatic rings. The van der Waals surface area contributed by atoms with Gasteiger partial charge in [-0.05, 0) is 42.7 Å². The number of carbonyl (C=O) groups is 1. The predicted molar refractivity (Wildman–Crippen MR) is 102 cm³/mol. The van der Waals surface area contributed by atoms with Crippen LogP contribution in [0.1, 0.15) is 28.8 Å². The first-order valence-electron chi connectivity index (χ1n) is 8.97. The highest BCUT2D eigenvalue weighted by molar-refractivity contribution is 7.91. The second kappa shape index (κ2) is 6.62. The van der Waals surface area contributed by atoms with Crippen molar-refractivity contribution in [3.8, 4) is 0 Å². The summed E-state index contributed by atoms with van der Waals surface area (Å²) in [5, 5.41) is 9.95. The Morgan fingerprint density at radius 2 is 2.07 bits per heavy atom. The summed E-state index contributed by atoms with van der Waals surface area (Å²) in [7, 11) is -3.71. The van der Waals surface area contributed by atoms with E-state index in [4.69, 9.17) is 0 Å². The van der Waals surface area contributed by atoms with Crippen LogP contribution in [0.4, 0.5) is 8.78 Å². The molecule has 0 spiro atoms. The monoisotopic (exact) mass is 420 g/mol. The van der Waals surface area contributed by atoms with Gasteiger partial charge in [-0.3, -0.25) is 9.78 Å². The van der Waals surface area contributed by atoms with E-state index < -0.39 is 39.5 Å². The molecule has 1 aliphatic heterocycles. The van der Waals surface area contributed by atoms with Gasteiger partial charge in [0.1, 0.15) is 6.54 Å². The number of rotatable bonds is 4. The first-order valence-corrected chi connectivity index (χ1v) is 10.6. The number of carboxylic acids is 1. The van der Waals surface area contributed by atoms with E-state index in [1.54, 1.807) is 30.0 Å². The minimum absolute atomic E-state index is 0.229. The number of aromatic nitrogens is 2. The first kappa shape index (κ1) is 19.5. The van der Waals surface area contributed by atoms with Crippen molar-refractivity contribution in [2.45, 2.75) is 37.1 Å². The number of fused-ring (bicyclic) bond motifs is 2. The van der Waals surface area contributed by atoms with Crippen LogP contribution < -0.4 is 0 Å². The molecule has 0 bridgehead atoms. The molecule has 0 radical (unpaired) electrons. The third-order valence-corrected chi connectivity index (χ3v) is 7.16. The minimum atomic E-state index is -3.71. The summed E-state index contributed by atoms with van der Waals surface area (Å²) in [6.45, 7) is 1.54. The van der Waals surface area contributed by atoms with E-state index in [0.29, 0.717) is 16.8 Å². The second-order valence-electron chi connectivity index (χ2n) is 7.22. The van der Waals surface area contributed by atoms with Crippen LogP contribution in [0.2, 0.25) is 0 Å². The van der Waals surface area contributed by atoms with Gasteiger partial charge in [0, 0.05) is 35.5 Å². The van der Waals surface area contributed by atoms with Gasteiger partial charge in [-0.25, -0.2) is 17.2 Å². The van der Waals surface area contributed by atoms with E-state index in [9.17, 15) is 27.1 Å². The lowest BCUT2D eigenvalue weighted by molar-refractivity contribution is -0.137. The van der Waals surface area contributed by atoms with Gasteiger partial charge in [0.05, 0.1) is 16.2 Å². The zero-order chi connectivity index (χ0) is 21.0. The number of carboxylic acid groups (broad SMARTS) is 1. The molecule has 0 amide bonds. The van der Waals surface area contributed by atoms with E-state index in [-0.39, 0.29) is 17.9 Å². The molecule has 9 heteroatoms.